The predicted octanol–water partition coefficient (Wildman–Crippen LogP) is 6.03. The van der Waals surface area contributed by atoms with Crippen molar-refractivity contribution < 1.29 is 4.74 Å². The van der Waals surface area contributed by atoms with Gasteiger partial charge in [0.15, 0.2) is 11.6 Å². The van der Waals surface area contributed by atoms with Gasteiger partial charge in [0, 0.05) is 27.2 Å². The number of aromatic nitrogens is 2. The highest BCUT2D eigenvalue weighted by molar-refractivity contribution is 9.10. The van der Waals surface area contributed by atoms with Gasteiger partial charge in [-0.3, -0.25) is 5.43 Å². The quantitative estimate of drug-likeness (QED) is 0.283. The lowest BCUT2D eigenvalue weighted by Crippen LogP contribution is -2.00. The molecule has 0 amide bonds. The summed E-state index contributed by atoms with van der Waals surface area (Å²) in [5, 5.41) is 4.35. The Morgan fingerprint density at radius 1 is 0.867 bits per heavy atom. The average Bonchev–Trinajstić information content (AvgIpc) is 2.80. The van der Waals surface area contributed by atoms with Crippen LogP contribution >= 0.6 is 15.9 Å². The molecule has 6 heteroatoms. The van der Waals surface area contributed by atoms with Gasteiger partial charge in [0.25, 0.3) is 0 Å². The van der Waals surface area contributed by atoms with Gasteiger partial charge in [-0.2, -0.15) is 5.10 Å². The van der Waals surface area contributed by atoms with Gasteiger partial charge < -0.3 is 4.74 Å². The lowest BCUT2D eigenvalue weighted by atomic mass is 10.1. The van der Waals surface area contributed by atoms with Crippen LogP contribution in [0.15, 0.2) is 94.5 Å². The summed E-state index contributed by atoms with van der Waals surface area (Å²) in [6, 6.07) is 27.5. The molecule has 0 spiro atoms. The zero-order valence-electron chi connectivity index (χ0n) is 16.3. The standard InChI is InChI=1S/C24H19BrN4O/c1-30-22-10-6-5-9-19(22)16-26-29-23-15-21(17-7-3-2-4-8-17)27-24(28-23)18-11-13-20(25)14-12-18/h2-16H,1H3,(H,27,28,29). The summed E-state index contributed by atoms with van der Waals surface area (Å²) in [7, 11) is 1.64. The normalized spacial score (nSPS) is 10.9. The number of rotatable bonds is 6. The molecule has 0 aliphatic rings. The van der Waals surface area contributed by atoms with Crippen LogP contribution < -0.4 is 10.2 Å². The van der Waals surface area contributed by atoms with Crippen LogP contribution in [0, 0.1) is 0 Å². The van der Waals surface area contributed by atoms with Crippen molar-refractivity contribution in [2.45, 2.75) is 0 Å². The molecule has 148 valence electrons. The summed E-state index contributed by atoms with van der Waals surface area (Å²) in [5.41, 5.74) is 6.65. The van der Waals surface area contributed by atoms with Crippen LogP contribution in [0.1, 0.15) is 5.56 Å². The van der Waals surface area contributed by atoms with Gasteiger partial charge >= 0.3 is 0 Å². The first-order chi connectivity index (χ1) is 14.7. The Morgan fingerprint density at radius 3 is 2.37 bits per heavy atom. The van der Waals surface area contributed by atoms with E-state index >= 15 is 0 Å². The molecule has 3 aromatic carbocycles. The Kier molecular flexibility index (Phi) is 6.15. The van der Waals surface area contributed by atoms with Gasteiger partial charge in [0.1, 0.15) is 5.75 Å². The smallest absolute Gasteiger partial charge is 0.162 e. The zero-order valence-corrected chi connectivity index (χ0v) is 17.9. The molecule has 0 aliphatic heterocycles. The summed E-state index contributed by atoms with van der Waals surface area (Å²) in [5.74, 6) is 1.98. The Hall–Kier alpha value is -3.51. The number of para-hydroxylation sites is 1. The number of halogens is 1. The van der Waals surface area contributed by atoms with E-state index in [-0.39, 0.29) is 0 Å². The molecule has 5 nitrogen and oxygen atoms in total. The molecule has 0 aliphatic carbocycles. The van der Waals surface area contributed by atoms with Crippen LogP contribution in [-0.4, -0.2) is 23.3 Å². The van der Waals surface area contributed by atoms with Gasteiger partial charge in [-0.05, 0) is 24.3 Å². The van der Waals surface area contributed by atoms with Crippen molar-refractivity contribution in [3.8, 4) is 28.4 Å². The maximum atomic E-state index is 5.36. The van der Waals surface area contributed by atoms with Crippen molar-refractivity contribution >= 4 is 28.0 Å². The maximum Gasteiger partial charge on any atom is 0.162 e. The SMILES string of the molecule is COc1ccccc1C=NNc1cc(-c2ccccc2)nc(-c2ccc(Br)cc2)n1. The Bertz CT molecular complexity index is 1160. The average molecular weight is 459 g/mol. The van der Waals surface area contributed by atoms with Crippen LogP contribution in [0.5, 0.6) is 5.75 Å². The minimum atomic E-state index is 0.605. The van der Waals surface area contributed by atoms with Crippen LogP contribution in [0.3, 0.4) is 0 Å². The number of hydrogen-bond acceptors (Lipinski definition) is 5. The Balaban J connectivity index is 1.68. The van der Waals surface area contributed by atoms with Crippen LogP contribution in [0.4, 0.5) is 5.82 Å². The first-order valence-electron chi connectivity index (χ1n) is 9.35. The summed E-state index contributed by atoms with van der Waals surface area (Å²) in [4.78, 5) is 9.41. The topological polar surface area (TPSA) is 59.4 Å². The molecule has 30 heavy (non-hydrogen) atoms. The summed E-state index contributed by atoms with van der Waals surface area (Å²) < 4.78 is 6.37. The number of benzene rings is 3. The highest BCUT2D eigenvalue weighted by atomic mass is 79.9. The van der Waals surface area contributed by atoms with Crippen molar-refractivity contribution in [2.24, 2.45) is 5.10 Å². The van der Waals surface area contributed by atoms with E-state index in [0.29, 0.717) is 11.6 Å². The van der Waals surface area contributed by atoms with Gasteiger partial charge in [-0.1, -0.05) is 70.5 Å². The number of hydrazone groups is 1. The summed E-state index contributed by atoms with van der Waals surface area (Å²) >= 11 is 3.47. The number of nitrogens with zero attached hydrogens (tertiary/aromatic N) is 3. The predicted molar refractivity (Wildman–Crippen MR) is 125 cm³/mol. The Labute approximate surface area is 183 Å². The number of methoxy groups -OCH3 is 1. The molecular formula is C24H19BrN4O. The second-order valence-electron chi connectivity index (χ2n) is 6.45. The van der Waals surface area contributed by atoms with Gasteiger partial charge in [-0.25, -0.2) is 9.97 Å². The van der Waals surface area contributed by atoms with E-state index in [4.69, 9.17) is 9.72 Å². The third kappa shape index (κ3) is 4.72. The van der Waals surface area contributed by atoms with E-state index < -0.39 is 0 Å². The van der Waals surface area contributed by atoms with E-state index in [2.05, 4.69) is 31.4 Å². The molecule has 0 fully saturated rings. The second-order valence-corrected chi connectivity index (χ2v) is 7.36. The Morgan fingerprint density at radius 2 is 1.60 bits per heavy atom. The highest BCUT2D eigenvalue weighted by Crippen LogP contribution is 2.25. The second kappa shape index (κ2) is 9.33. The lowest BCUT2D eigenvalue weighted by Gasteiger charge is -2.09. The van der Waals surface area contributed by atoms with Crippen molar-refractivity contribution in [2.75, 3.05) is 12.5 Å². The molecule has 0 saturated heterocycles. The molecule has 1 N–H and O–H groups in total. The molecule has 0 atom stereocenters. The third-order valence-corrected chi connectivity index (χ3v) is 4.95. The molecule has 4 rings (SSSR count). The number of nitrogens with one attached hydrogen (secondary N) is 1. The van der Waals surface area contributed by atoms with E-state index in [9.17, 15) is 0 Å². The minimum absolute atomic E-state index is 0.605. The number of hydrogen-bond donors (Lipinski definition) is 1. The molecular weight excluding hydrogens is 440 g/mol. The van der Waals surface area contributed by atoms with E-state index in [1.165, 1.54) is 0 Å². The first kappa shape index (κ1) is 19.8. The largest absolute Gasteiger partial charge is 0.496 e. The van der Waals surface area contributed by atoms with Crippen molar-refractivity contribution in [3.63, 3.8) is 0 Å². The van der Waals surface area contributed by atoms with E-state index in [1.54, 1.807) is 13.3 Å². The molecule has 0 radical (unpaired) electrons. The van der Waals surface area contributed by atoms with Crippen molar-refractivity contribution in [1.29, 1.82) is 0 Å². The number of anilines is 1. The lowest BCUT2D eigenvalue weighted by molar-refractivity contribution is 0.414. The fraction of sp³-hybridized carbons (Fsp3) is 0.0417. The van der Waals surface area contributed by atoms with E-state index in [1.807, 2.05) is 84.9 Å². The zero-order chi connectivity index (χ0) is 20.8. The van der Waals surface area contributed by atoms with Gasteiger partial charge in [-0.15, -0.1) is 0 Å². The monoisotopic (exact) mass is 458 g/mol. The molecule has 0 saturated carbocycles. The molecule has 1 heterocycles. The first-order valence-corrected chi connectivity index (χ1v) is 10.1. The van der Waals surface area contributed by atoms with Crippen molar-refractivity contribution in [3.05, 3.63) is 95.0 Å². The van der Waals surface area contributed by atoms with Gasteiger partial charge in [0.05, 0.1) is 19.0 Å². The van der Waals surface area contributed by atoms with Crippen LogP contribution in [0.25, 0.3) is 22.6 Å². The molecule has 0 unspecified atom stereocenters. The third-order valence-electron chi connectivity index (χ3n) is 4.42. The fourth-order valence-corrected chi connectivity index (χ4v) is 3.19. The van der Waals surface area contributed by atoms with E-state index in [0.717, 1.165) is 32.6 Å². The fourth-order valence-electron chi connectivity index (χ4n) is 2.93. The summed E-state index contributed by atoms with van der Waals surface area (Å²) in [6.45, 7) is 0. The van der Waals surface area contributed by atoms with Gasteiger partial charge in [0.2, 0.25) is 0 Å². The minimum Gasteiger partial charge on any atom is -0.496 e. The van der Waals surface area contributed by atoms with Crippen molar-refractivity contribution in [1.82, 2.24) is 9.97 Å². The summed E-state index contributed by atoms with van der Waals surface area (Å²) in [6.07, 6.45) is 1.71. The molecule has 1 aromatic heterocycles. The maximum absolute atomic E-state index is 5.36. The molecule has 4 aromatic rings. The number of ether oxygens (including phenoxy) is 1. The van der Waals surface area contributed by atoms with Crippen LogP contribution in [0.2, 0.25) is 0 Å². The van der Waals surface area contributed by atoms with Crippen LogP contribution in [-0.2, 0) is 0 Å². The molecule has 0 bridgehead atoms. The highest BCUT2D eigenvalue weighted by Gasteiger charge is 2.09.